The third-order valence-electron chi connectivity index (χ3n) is 2.89. The van der Waals surface area contributed by atoms with Crippen molar-refractivity contribution in [1.82, 2.24) is 4.98 Å². The van der Waals surface area contributed by atoms with Crippen molar-refractivity contribution in [3.63, 3.8) is 0 Å². The standard InChI is InChI=1S/C11H10N2OS/c12-10-7-4-6-2-1-3-8(6)13-11(7)15-9(10)5-14/h4-5H,1-3,12H2. The van der Waals surface area contributed by atoms with E-state index < -0.39 is 0 Å². The highest BCUT2D eigenvalue weighted by atomic mass is 32.1. The second-order valence-electron chi connectivity index (χ2n) is 3.80. The van der Waals surface area contributed by atoms with Crippen molar-refractivity contribution in [2.24, 2.45) is 0 Å². The Hall–Kier alpha value is -1.42. The van der Waals surface area contributed by atoms with Gasteiger partial charge in [-0.25, -0.2) is 4.98 Å². The van der Waals surface area contributed by atoms with Crippen LogP contribution in [0.2, 0.25) is 0 Å². The summed E-state index contributed by atoms with van der Waals surface area (Å²) in [6.07, 6.45) is 4.14. The second-order valence-corrected chi connectivity index (χ2v) is 4.83. The molecule has 2 N–H and O–H groups in total. The molecule has 3 nitrogen and oxygen atoms in total. The molecule has 1 aliphatic rings. The van der Waals surface area contributed by atoms with Crippen LogP contribution >= 0.6 is 11.3 Å². The van der Waals surface area contributed by atoms with E-state index >= 15 is 0 Å². The van der Waals surface area contributed by atoms with Gasteiger partial charge in [-0.15, -0.1) is 11.3 Å². The van der Waals surface area contributed by atoms with Gasteiger partial charge in [-0.2, -0.15) is 0 Å². The number of carbonyl (C=O) groups excluding carboxylic acids is 1. The number of anilines is 1. The Bertz CT molecular complexity index is 559. The zero-order valence-corrected chi connectivity index (χ0v) is 8.93. The van der Waals surface area contributed by atoms with Crippen molar-refractivity contribution in [3.8, 4) is 0 Å². The van der Waals surface area contributed by atoms with Gasteiger partial charge in [-0.1, -0.05) is 0 Å². The van der Waals surface area contributed by atoms with Gasteiger partial charge in [0.05, 0.1) is 10.6 Å². The molecule has 0 radical (unpaired) electrons. The number of aromatic nitrogens is 1. The van der Waals surface area contributed by atoms with E-state index in [1.165, 1.54) is 29.0 Å². The normalized spacial score (nSPS) is 14.4. The molecule has 3 rings (SSSR count). The van der Waals surface area contributed by atoms with Crippen LogP contribution < -0.4 is 5.73 Å². The number of rotatable bonds is 1. The molecule has 0 amide bonds. The molecule has 0 bridgehead atoms. The summed E-state index contributed by atoms with van der Waals surface area (Å²) in [6, 6.07) is 2.10. The lowest BCUT2D eigenvalue weighted by molar-refractivity contribution is 0.112. The molecule has 2 aromatic rings. The third-order valence-corrected chi connectivity index (χ3v) is 3.93. The van der Waals surface area contributed by atoms with Gasteiger partial charge < -0.3 is 5.73 Å². The highest BCUT2D eigenvalue weighted by molar-refractivity contribution is 7.20. The summed E-state index contributed by atoms with van der Waals surface area (Å²) in [4.78, 5) is 16.8. The largest absolute Gasteiger partial charge is 0.397 e. The number of aldehydes is 1. The summed E-state index contributed by atoms with van der Waals surface area (Å²) in [5, 5.41) is 0.947. The van der Waals surface area contributed by atoms with Crippen LogP contribution in [0.15, 0.2) is 6.07 Å². The third kappa shape index (κ3) is 1.18. The zero-order chi connectivity index (χ0) is 10.4. The fourth-order valence-electron chi connectivity index (χ4n) is 2.10. The van der Waals surface area contributed by atoms with E-state index in [9.17, 15) is 4.79 Å². The minimum absolute atomic E-state index is 0.590. The zero-order valence-electron chi connectivity index (χ0n) is 8.12. The molecule has 76 valence electrons. The van der Waals surface area contributed by atoms with Crippen molar-refractivity contribution in [2.45, 2.75) is 19.3 Å². The molecule has 2 aromatic heterocycles. The maximum atomic E-state index is 10.8. The van der Waals surface area contributed by atoms with Crippen LogP contribution in [-0.2, 0) is 12.8 Å². The maximum Gasteiger partial charge on any atom is 0.162 e. The Balaban J connectivity index is 2.35. The lowest BCUT2D eigenvalue weighted by Crippen LogP contribution is -1.90. The van der Waals surface area contributed by atoms with E-state index in [4.69, 9.17) is 5.73 Å². The summed E-state index contributed by atoms with van der Waals surface area (Å²) in [6.45, 7) is 0. The summed E-state index contributed by atoms with van der Waals surface area (Å²) in [5.41, 5.74) is 8.95. The molecule has 4 heteroatoms. The lowest BCUT2D eigenvalue weighted by Gasteiger charge is -1.98. The number of thiophene rings is 1. The van der Waals surface area contributed by atoms with Gasteiger partial charge in [0.15, 0.2) is 6.29 Å². The van der Waals surface area contributed by atoms with Gasteiger partial charge in [0.1, 0.15) is 4.83 Å². The first kappa shape index (κ1) is 8.85. The van der Waals surface area contributed by atoms with Crippen molar-refractivity contribution in [1.29, 1.82) is 0 Å². The van der Waals surface area contributed by atoms with E-state index in [0.717, 1.165) is 29.3 Å². The Morgan fingerprint density at radius 1 is 1.47 bits per heavy atom. The summed E-state index contributed by atoms with van der Waals surface area (Å²) in [5.74, 6) is 0. The first-order valence-electron chi connectivity index (χ1n) is 4.95. The van der Waals surface area contributed by atoms with Crippen LogP contribution in [0.4, 0.5) is 5.69 Å². The highest BCUT2D eigenvalue weighted by Gasteiger charge is 2.17. The number of nitrogens with zero attached hydrogens (tertiary/aromatic N) is 1. The quantitative estimate of drug-likeness (QED) is 0.746. The minimum Gasteiger partial charge on any atom is -0.397 e. The molecule has 0 saturated heterocycles. The van der Waals surface area contributed by atoms with Crippen molar-refractivity contribution < 1.29 is 4.79 Å². The number of pyridine rings is 1. The highest BCUT2D eigenvalue weighted by Crippen LogP contribution is 2.34. The SMILES string of the molecule is Nc1c(C=O)sc2nc3c(cc12)CCC3. The molecule has 0 aromatic carbocycles. The topological polar surface area (TPSA) is 56.0 Å². The number of nitrogen functional groups attached to an aromatic ring is 1. The Morgan fingerprint density at radius 3 is 3.13 bits per heavy atom. The second kappa shape index (κ2) is 3.03. The van der Waals surface area contributed by atoms with E-state index in [1.807, 2.05) is 0 Å². The van der Waals surface area contributed by atoms with Crippen molar-refractivity contribution in [2.75, 3.05) is 5.73 Å². The first-order valence-corrected chi connectivity index (χ1v) is 5.77. The van der Waals surface area contributed by atoms with Gasteiger partial charge in [-0.3, -0.25) is 4.79 Å². The van der Waals surface area contributed by atoms with Gasteiger partial charge in [0.25, 0.3) is 0 Å². The van der Waals surface area contributed by atoms with Crippen LogP contribution in [0.5, 0.6) is 0 Å². The summed E-state index contributed by atoms with van der Waals surface area (Å²) >= 11 is 1.39. The molecule has 0 unspecified atom stereocenters. The molecular formula is C11H10N2OS. The van der Waals surface area contributed by atoms with E-state index in [0.29, 0.717) is 10.6 Å². The molecule has 2 heterocycles. The van der Waals surface area contributed by atoms with E-state index in [2.05, 4.69) is 11.1 Å². The number of nitrogens with two attached hydrogens (primary N) is 1. The first-order chi connectivity index (χ1) is 7.29. The van der Waals surface area contributed by atoms with Crippen LogP contribution in [-0.4, -0.2) is 11.3 Å². The van der Waals surface area contributed by atoms with Gasteiger partial charge >= 0.3 is 0 Å². The molecule has 0 spiro atoms. The Morgan fingerprint density at radius 2 is 2.33 bits per heavy atom. The fraction of sp³-hybridized carbons (Fsp3) is 0.273. The Labute approximate surface area is 90.9 Å². The average molecular weight is 218 g/mol. The van der Waals surface area contributed by atoms with Crippen molar-refractivity contribution >= 4 is 33.5 Å². The molecule has 1 aliphatic carbocycles. The number of fused-ring (bicyclic) bond motifs is 2. The summed E-state index contributed by atoms with van der Waals surface area (Å²) in [7, 11) is 0. The van der Waals surface area contributed by atoms with Gasteiger partial charge in [0.2, 0.25) is 0 Å². The average Bonchev–Trinajstić information content (AvgIpc) is 2.80. The molecule has 0 atom stereocenters. The summed E-state index contributed by atoms with van der Waals surface area (Å²) < 4.78 is 0. The number of carbonyl (C=O) groups is 1. The molecular weight excluding hydrogens is 208 g/mol. The van der Waals surface area contributed by atoms with Gasteiger partial charge in [0, 0.05) is 11.1 Å². The lowest BCUT2D eigenvalue weighted by atomic mass is 10.1. The van der Waals surface area contributed by atoms with Crippen LogP contribution in [0.3, 0.4) is 0 Å². The smallest absolute Gasteiger partial charge is 0.162 e. The fourth-order valence-corrected chi connectivity index (χ4v) is 3.01. The minimum atomic E-state index is 0.590. The number of hydrogen-bond acceptors (Lipinski definition) is 4. The molecule has 15 heavy (non-hydrogen) atoms. The number of aryl methyl sites for hydroxylation is 2. The van der Waals surface area contributed by atoms with E-state index in [1.54, 1.807) is 0 Å². The maximum absolute atomic E-state index is 10.8. The van der Waals surface area contributed by atoms with E-state index in [-0.39, 0.29) is 0 Å². The predicted molar refractivity (Wildman–Crippen MR) is 61.4 cm³/mol. The van der Waals surface area contributed by atoms with Crippen LogP contribution in [0.25, 0.3) is 10.2 Å². The molecule has 0 fully saturated rings. The predicted octanol–water partition coefficient (Wildman–Crippen LogP) is 2.18. The monoisotopic (exact) mass is 218 g/mol. The van der Waals surface area contributed by atoms with Gasteiger partial charge in [-0.05, 0) is 30.9 Å². The number of hydrogen-bond donors (Lipinski definition) is 1. The van der Waals surface area contributed by atoms with Crippen LogP contribution in [0, 0.1) is 0 Å². The van der Waals surface area contributed by atoms with Crippen LogP contribution in [0.1, 0.15) is 27.3 Å². The molecule has 0 saturated carbocycles. The molecule has 0 aliphatic heterocycles. The van der Waals surface area contributed by atoms with Crippen molar-refractivity contribution in [3.05, 3.63) is 22.2 Å². The Kier molecular flexibility index (Phi) is 1.79.